The van der Waals surface area contributed by atoms with Crippen LogP contribution in [0, 0.1) is 20.2 Å². The van der Waals surface area contributed by atoms with Crippen molar-refractivity contribution in [3.63, 3.8) is 0 Å². The van der Waals surface area contributed by atoms with E-state index in [4.69, 9.17) is 30.6 Å². The summed E-state index contributed by atoms with van der Waals surface area (Å²) in [5.74, 6) is 0. The summed E-state index contributed by atoms with van der Waals surface area (Å²) in [7, 11) is 0. The van der Waals surface area contributed by atoms with Gasteiger partial charge in [-0.15, -0.1) is 20.2 Å². The molecule has 98 valence electrons. The molecule has 0 spiro atoms. The molecule has 0 aromatic heterocycles. The molecule has 0 aliphatic rings. The van der Waals surface area contributed by atoms with E-state index in [2.05, 4.69) is 0 Å². The molecule has 0 unspecified atom stereocenters. The van der Waals surface area contributed by atoms with Gasteiger partial charge in [0, 0.05) is 23.1 Å². The summed E-state index contributed by atoms with van der Waals surface area (Å²) in [6.07, 6.45) is 0. The molecule has 15 heavy (non-hydrogen) atoms. The van der Waals surface area contributed by atoms with Gasteiger partial charge in [0.1, 0.15) is 0 Å². The molecule has 0 heterocycles. The summed E-state index contributed by atoms with van der Waals surface area (Å²) in [4.78, 5) is 16.7. The Morgan fingerprint density at radius 1 is 0.667 bits per heavy atom. The molecule has 0 aliphatic heterocycles. The van der Waals surface area contributed by atoms with Crippen LogP contribution in [-0.4, -0.2) is 76.5 Å². The normalized spacial score (nSPS) is 3.20. The van der Waals surface area contributed by atoms with Crippen molar-refractivity contribution in [1.29, 1.82) is 0 Å². The highest BCUT2D eigenvalue weighted by atomic mass is 24.3. The fourth-order valence-electron chi connectivity index (χ4n) is 0. The first kappa shape index (κ1) is 95.9. The summed E-state index contributed by atoms with van der Waals surface area (Å²) in [6.45, 7) is 0. The van der Waals surface area contributed by atoms with Crippen LogP contribution < -0.4 is 0 Å². The first-order valence-corrected chi connectivity index (χ1v) is 1.13. The minimum absolute atomic E-state index is 0. The Labute approximate surface area is 97.3 Å². The summed E-state index contributed by atoms with van der Waals surface area (Å²) >= 11 is 0. The molecule has 15 heteroatoms. The maximum atomic E-state index is 8.36. The molecule has 14 N–H and O–H groups in total. The third-order valence-electron chi connectivity index (χ3n) is 0. The molecule has 14 nitrogen and oxygen atoms in total. The van der Waals surface area contributed by atoms with Crippen molar-refractivity contribution < 1.29 is 53.4 Å². The largest absolute Gasteiger partial charge is 0.412 e. The lowest BCUT2D eigenvalue weighted by Crippen LogP contribution is -1.81. The van der Waals surface area contributed by atoms with Crippen LogP contribution in [0.5, 0.6) is 0 Å². The van der Waals surface area contributed by atoms with Crippen molar-refractivity contribution in [1.82, 2.24) is 0 Å². The standard InChI is InChI=1S/Mg.2HNO3.6H2O/c;2*2-1(3)4;;;;;;/h;2*(H,2,3,4);6*1H2. The van der Waals surface area contributed by atoms with Crippen molar-refractivity contribution in [2.24, 2.45) is 0 Å². The topological polar surface area (TPSA) is 316 Å². The second kappa shape index (κ2) is 75.8. The summed E-state index contributed by atoms with van der Waals surface area (Å²) < 4.78 is 0. The van der Waals surface area contributed by atoms with E-state index in [1.54, 1.807) is 0 Å². The predicted molar refractivity (Wildman–Crippen MR) is 45.0 cm³/mol. The maximum Gasteiger partial charge on any atom is 0.291 e. The lowest BCUT2D eigenvalue weighted by atomic mass is 13.1. The molecule has 0 atom stereocenters. The van der Waals surface area contributed by atoms with Gasteiger partial charge in [0.25, 0.3) is 10.2 Å². The Hall–Kier alpha value is -1.07. The SMILES string of the molecule is O.O.O.O.O.O.O=[N+]([O-])O.O=[N+]([O-])O.[Mg]. The lowest BCUT2D eigenvalue weighted by Gasteiger charge is -1.56. The first-order valence-electron chi connectivity index (χ1n) is 1.13. The fraction of sp³-hybridized carbons (Fsp3) is 0. The van der Waals surface area contributed by atoms with Crippen molar-refractivity contribution in [3.8, 4) is 0 Å². The Kier molecular flexibility index (Phi) is 484. The van der Waals surface area contributed by atoms with Gasteiger partial charge < -0.3 is 43.3 Å². The Morgan fingerprint density at radius 3 is 0.667 bits per heavy atom. The number of hydrogen-bond acceptors (Lipinski definition) is 4. The second-order valence-electron chi connectivity index (χ2n) is 0.476. The number of rotatable bonds is 0. The van der Waals surface area contributed by atoms with E-state index >= 15 is 0 Å². The van der Waals surface area contributed by atoms with Crippen LogP contribution in [0.1, 0.15) is 0 Å². The van der Waals surface area contributed by atoms with Gasteiger partial charge in [-0.3, -0.25) is 0 Å². The molecule has 0 aromatic rings. The van der Waals surface area contributed by atoms with Gasteiger partial charge in [-0.25, -0.2) is 0 Å². The number of nitrogens with zero attached hydrogens (tertiary/aromatic N) is 2. The smallest absolute Gasteiger partial charge is 0.291 e. The van der Waals surface area contributed by atoms with E-state index < -0.39 is 10.2 Å². The highest BCUT2D eigenvalue weighted by Crippen LogP contribution is 1.38. The maximum absolute atomic E-state index is 8.36. The average Bonchev–Trinajstić information content (AvgIpc) is 1.25. The molecule has 0 amide bonds. The van der Waals surface area contributed by atoms with Crippen LogP contribution in [0.15, 0.2) is 0 Å². The molecule has 0 saturated carbocycles. The Morgan fingerprint density at radius 2 is 0.667 bits per heavy atom. The van der Waals surface area contributed by atoms with Crippen molar-refractivity contribution in [2.75, 3.05) is 0 Å². The molecule has 2 radical (unpaired) electrons. The van der Waals surface area contributed by atoms with E-state index in [9.17, 15) is 0 Å². The second-order valence-corrected chi connectivity index (χ2v) is 0.476. The third kappa shape index (κ3) is 1340. The monoisotopic (exact) mass is 258 g/mol. The van der Waals surface area contributed by atoms with Gasteiger partial charge in [0.05, 0.1) is 0 Å². The van der Waals surface area contributed by atoms with E-state index in [-0.39, 0.29) is 55.9 Å². The van der Waals surface area contributed by atoms with Crippen LogP contribution >= 0.6 is 0 Å². The molecule has 0 rings (SSSR count). The molecular formula is H14MgN2O12. The third-order valence-corrected chi connectivity index (χ3v) is 0. The summed E-state index contributed by atoms with van der Waals surface area (Å²) in [5, 5.41) is 27.3. The summed E-state index contributed by atoms with van der Waals surface area (Å²) in [5.41, 5.74) is 0. The highest BCUT2D eigenvalue weighted by Gasteiger charge is 1.65. The van der Waals surface area contributed by atoms with Crippen molar-refractivity contribution in [2.45, 2.75) is 0 Å². The van der Waals surface area contributed by atoms with Crippen LogP contribution in [0.4, 0.5) is 0 Å². The zero-order chi connectivity index (χ0) is 7.15. The fourth-order valence-corrected chi connectivity index (χ4v) is 0. The molecule has 0 fully saturated rings. The average molecular weight is 258 g/mol. The van der Waals surface area contributed by atoms with Gasteiger partial charge in [-0.2, -0.15) is 0 Å². The molecular weight excluding hydrogens is 244 g/mol. The highest BCUT2D eigenvalue weighted by molar-refractivity contribution is 5.75. The van der Waals surface area contributed by atoms with Gasteiger partial charge in [0.2, 0.25) is 0 Å². The lowest BCUT2D eigenvalue weighted by molar-refractivity contribution is -0.742. The zero-order valence-corrected chi connectivity index (χ0v) is 8.54. The molecule has 0 saturated heterocycles. The van der Waals surface area contributed by atoms with Crippen LogP contribution in [0.2, 0.25) is 0 Å². The predicted octanol–water partition coefficient (Wildman–Crippen LogP) is -6.02. The molecule has 0 aromatic carbocycles. The van der Waals surface area contributed by atoms with E-state index in [0.29, 0.717) is 0 Å². The van der Waals surface area contributed by atoms with Gasteiger partial charge >= 0.3 is 0 Å². The quantitative estimate of drug-likeness (QED) is 0.241. The molecule has 0 bridgehead atoms. The van der Waals surface area contributed by atoms with Crippen molar-refractivity contribution >= 4 is 23.1 Å². The first-order chi connectivity index (χ1) is 3.46. The van der Waals surface area contributed by atoms with Crippen LogP contribution in [0.3, 0.4) is 0 Å². The number of hydrogen-bond donors (Lipinski definition) is 2. The summed E-state index contributed by atoms with van der Waals surface area (Å²) in [6, 6.07) is 0. The van der Waals surface area contributed by atoms with Crippen molar-refractivity contribution in [3.05, 3.63) is 20.2 Å². The van der Waals surface area contributed by atoms with Crippen LogP contribution in [-0.2, 0) is 0 Å². The Bertz CT molecular complexity index is 71.6. The van der Waals surface area contributed by atoms with Gasteiger partial charge in [-0.1, -0.05) is 0 Å². The zero-order valence-electron chi connectivity index (χ0n) is 7.13. The van der Waals surface area contributed by atoms with Gasteiger partial charge in [0.15, 0.2) is 0 Å². The van der Waals surface area contributed by atoms with Gasteiger partial charge in [-0.05, 0) is 0 Å². The minimum Gasteiger partial charge on any atom is -0.412 e. The van der Waals surface area contributed by atoms with E-state index in [0.717, 1.165) is 0 Å². The van der Waals surface area contributed by atoms with Crippen LogP contribution in [0.25, 0.3) is 0 Å². The van der Waals surface area contributed by atoms with E-state index in [1.165, 1.54) is 0 Å². The van der Waals surface area contributed by atoms with E-state index in [1.807, 2.05) is 0 Å². The Balaban J connectivity index is -0.00000000468. The minimum atomic E-state index is -1.50. The molecule has 0 aliphatic carbocycles.